The molecule has 2 N–H and O–H groups in total. The Hall–Kier alpha value is -5.36. The summed E-state index contributed by atoms with van der Waals surface area (Å²) in [5.41, 5.74) is 4.69. The van der Waals surface area contributed by atoms with E-state index in [0.29, 0.717) is 47.4 Å². The number of amides is 1. The SMILES string of the molecule is Cc1noc(CCc2cccc(Oc3nc(Nc4ccc(N5CCN(C)CC5)c(F)c4)ncc3C(=O)Nc3c(C)cccc3C)c2)n1. The van der Waals surface area contributed by atoms with Gasteiger partial charge in [-0.3, -0.25) is 4.79 Å². The van der Waals surface area contributed by atoms with E-state index in [9.17, 15) is 4.79 Å². The van der Waals surface area contributed by atoms with E-state index in [4.69, 9.17) is 9.26 Å². The minimum absolute atomic E-state index is 0.0467. The second-order valence-electron chi connectivity index (χ2n) is 11.7. The Balaban J connectivity index is 1.25. The van der Waals surface area contributed by atoms with Crippen molar-refractivity contribution in [3.8, 4) is 11.6 Å². The number of para-hydroxylation sites is 1. The molecule has 5 aromatic rings. The fraction of sp³-hybridized carbons (Fsp3) is 0.286. The van der Waals surface area contributed by atoms with Gasteiger partial charge < -0.3 is 29.7 Å². The van der Waals surface area contributed by atoms with Crippen molar-refractivity contribution in [2.24, 2.45) is 0 Å². The van der Waals surface area contributed by atoms with Crippen molar-refractivity contribution in [1.82, 2.24) is 25.0 Å². The number of ether oxygens (including phenoxy) is 1. The maximum Gasteiger partial charge on any atom is 0.262 e. The number of carbonyl (C=O) groups excluding carboxylic acids is 1. The number of piperazine rings is 1. The van der Waals surface area contributed by atoms with Crippen molar-refractivity contribution in [2.45, 2.75) is 33.6 Å². The highest BCUT2D eigenvalue weighted by Gasteiger charge is 2.21. The lowest BCUT2D eigenvalue weighted by Crippen LogP contribution is -2.44. The zero-order valence-corrected chi connectivity index (χ0v) is 26.9. The second kappa shape index (κ2) is 14.0. The maximum absolute atomic E-state index is 15.2. The van der Waals surface area contributed by atoms with Gasteiger partial charge in [0.25, 0.3) is 5.91 Å². The van der Waals surface area contributed by atoms with E-state index in [1.54, 1.807) is 25.1 Å². The lowest BCUT2D eigenvalue weighted by Gasteiger charge is -2.34. The molecule has 242 valence electrons. The summed E-state index contributed by atoms with van der Waals surface area (Å²) in [7, 11) is 2.06. The van der Waals surface area contributed by atoms with Crippen LogP contribution in [0.2, 0.25) is 0 Å². The van der Waals surface area contributed by atoms with Crippen molar-refractivity contribution in [3.63, 3.8) is 0 Å². The Bertz CT molecular complexity index is 1870. The lowest BCUT2D eigenvalue weighted by molar-refractivity contribution is 0.102. The number of anilines is 4. The Morgan fingerprint density at radius 2 is 1.72 bits per heavy atom. The zero-order valence-electron chi connectivity index (χ0n) is 26.9. The van der Waals surface area contributed by atoms with Gasteiger partial charge in [0.15, 0.2) is 5.82 Å². The number of aryl methyl sites for hydroxylation is 5. The summed E-state index contributed by atoms with van der Waals surface area (Å²) in [6.07, 6.45) is 2.62. The van der Waals surface area contributed by atoms with Crippen LogP contribution in [0.3, 0.4) is 0 Å². The summed E-state index contributed by atoms with van der Waals surface area (Å²) in [6.45, 7) is 8.90. The van der Waals surface area contributed by atoms with Crippen LogP contribution in [0.15, 0.2) is 71.4 Å². The third kappa shape index (κ3) is 7.72. The molecule has 3 heterocycles. The van der Waals surface area contributed by atoms with E-state index >= 15 is 4.39 Å². The molecule has 2 aromatic heterocycles. The molecule has 1 saturated heterocycles. The molecule has 0 unspecified atom stereocenters. The molecule has 0 radical (unpaired) electrons. The molecule has 0 atom stereocenters. The molecule has 0 saturated carbocycles. The number of likely N-dealkylation sites (N-methyl/N-ethyl adjacent to an activating group) is 1. The number of rotatable bonds is 10. The number of benzene rings is 3. The molecule has 1 fully saturated rings. The summed E-state index contributed by atoms with van der Waals surface area (Å²) in [5.74, 6) is 1.06. The van der Waals surface area contributed by atoms with Crippen molar-refractivity contribution >= 4 is 28.9 Å². The first kappa shape index (κ1) is 31.6. The van der Waals surface area contributed by atoms with Crippen molar-refractivity contribution in [2.75, 3.05) is 48.8 Å². The van der Waals surface area contributed by atoms with E-state index in [2.05, 4.69) is 42.7 Å². The lowest BCUT2D eigenvalue weighted by atomic mass is 10.1. The first-order valence-electron chi connectivity index (χ1n) is 15.5. The third-order valence-corrected chi connectivity index (χ3v) is 8.08. The summed E-state index contributed by atoms with van der Waals surface area (Å²) < 4.78 is 26.7. The van der Waals surface area contributed by atoms with Crippen LogP contribution >= 0.6 is 0 Å². The van der Waals surface area contributed by atoms with Crippen molar-refractivity contribution in [3.05, 3.63) is 107 Å². The van der Waals surface area contributed by atoms with Crippen LogP contribution in [-0.2, 0) is 12.8 Å². The average molecular weight is 637 g/mol. The summed E-state index contributed by atoms with van der Waals surface area (Å²) >= 11 is 0. The van der Waals surface area contributed by atoms with Crippen LogP contribution in [-0.4, -0.2) is 64.1 Å². The minimum Gasteiger partial charge on any atom is -0.438 e. The molecule has 0 spiro atoms. The number of halogens is 1. The fourth-order valence-electron chi connectivity index (χ4n) is 5.44. The van der Waals surface area contributed by atoms with Crippen molar-refractivity contribution < 1.29 is 18.4 Å². The van der Waals surface area contributed by atoms with Crippen LogP contribution in [0.4, 0.5) is 27.4 Å². The topological polar surface area (TPSA) is 122 Å². The smallest absolute Gasteiger partial charge is 0.262 e. The standard InChI is InChI=1S/C35H37FN8O3/c1-22-7-5-8-23(2)32(22)40-33(45)28-21-37-35(39-26-12-13-30(29(36)20-26)44-17-15-43(4)16-18-44)41-34(28)46-27-10-6-9-25(19-27)11-14-31-38-24(3)42-47-31/h5-10,12-13,19-21H,11,14-18H2,1-4H3,(H,40,45)(H,37,39,41). The molecule has 1 amide bonds. The second-order valence-corrected chi connectivity index (χ2v) is 11.7. The van der Waals surface area contributed by atoms with Crippen LogP contribution in [0, 0.1) is 26.6 Å². The molecule has 1 aliphatic rings. The Kier molecular flexibility index (Phi) is 9.39. The molecular formula is C35H37FN8O3. The van der Waals surface area contributed by atoms with Gasteiger partial charge in [0.05, 0.1) is 5.69 Å². The predicted octanol–water partition coefficient (Wildman–Crippen LogP) is 6.25. The maximum atomic E-state index is 15.2. The molecule has 6 rings (SSSR count). The largest absolute Gasteiger partial charge is 0.438 e. The van der Waals surface area contributed by atoms with Crippen LogP contribution in [0.5, 0.6) is 11.6 Å². The number of hydrogen-bond acceptors (Lipinski definition) is 10. The number of nitrogens with one attached hydrogen (secondary N) is 2. The minimum atomic E-state index is -0.422. The fourth-order valence-corrected chi connectivity index (χ4v) is 5.44. The normalized spacial score (nSPS) is 13.4. The van der Waals surface area contributed by atoms with Crippen LogP contribution in [0.1, 0.15) is 38.8 Å². The predicted molar refractivity (Wildman–Crippen MR) is 178 cm³/mol. The number of hydrogen-bond donors (Lipinski definition) is 2. The van der Waals surface area contributed by atoms with Gasteiger partial charge in [-0.15, -0.1) is 0 Å². The summed E-state index contributed by atoms with van der Waals surface area (Å²) in [5, 5.41) is 9.91. The Morgan fingerprint density at radius 1 is 0.957 bits per heavy atom. The molecule has 1 aliphatic heterocycles. The van der Waals surface area contributed by atoms with E-state index in [1.807, 2.05) is 55.1 Å². The summed E-state index contributed by atoms with van der Waals surface area (Å²) in [4.78, 5) is 31.1. The highest BCUT2D eigenvalue weighted by molar-refractivity contribution is 6.06. The molecule has 3 aromatic carbocycles. The molecule has 47 heavy (non-hydrogen) atoms. The van der Waals surface area contributed by atoms with Gasteiger partial charge in [-0.05, 0) is 81.3 Å². The Labute approximate surface area is 272 Å². The molecule has 11 nitrogen and oxygen atoms in total. The van der Waals surface area contributed by atoms with E-state index in [0.717, 1.165) is 42.9 Å². The molecule has 12 heteroatoms. The first-order chi connectivity index (χ1) is 22.7. The van der Waals surface area contributed by atoms with Gasteiger partial charge in [0.2, 0.25) is 17.7 Å². The van der Waals surface area contributed by atoms with Gasteiger partial charge in [-0.1, -0.05) is 35.5 Å². The van der Waals surface area contributed by atoms with E-state index in [-0.39, 0.29) is 23.2 Å². The third-order valence-electron chi connectivity index (χ3n) is 8.08. The molecular weight excluding hydrogens is 599 g/mol. The van der Waals surface area contributed by atoms with Gasteiger partial charge in [0, 0.05) is 50.2 Å². The van der Waals surface area contributed by atoms with Gasteiger partial charge in [-0.25, -0.2) is 9.37 Å². The van der Waals surface area contributed by atoms with Gasteiger partial charge >= 0.3 is 0 Å². The molecule has 0 aliphatic carbocycles. The van der Waals surface area contributed by atoms with Gasteiger partial charge in [-0.2, -0.15) is 9.97 Å². The van der Waals surface area contributed by atoms with E-state index in [1.165, 1.54) is 12.3 Å². The highest BCUT2D eigenvalue weighted by Crippen LogP contribution is 2.30. The highest BCUT2D eigenvalue weighted by atomic mass is 19.1. The van der Waals surface area contributed by atoms with Crippen molar-refractivity contribution in [1.29, 1.82) is 0 Å². The van der Waals surface area contributed by atoms with Crippen LogP contribution in [0.25, 0.3) is 0 Å². The quantitative estimate of drug-likeness (QED) is 0.182. The Morgan fingerprint density at radius 3 is 2.45 bits per heavy atom. The van der Waals surface area contributed by atoms with Gasteiger partial charge in [0.1, 0.15) is 17.1 Å². The van der Waals surface area contributed by atoms with E-state index < -0.39 is 5.91 Å². The summed E-state index contributed by atoms with van der Waals surface area (Å²) in [6, 6.07) is 18.3. The first-order valence-corrected chi connectivity index (χ1v) is 15.5. The molecule has 0 bridgehead atoms. The number of aromatic nitrogens is 4. The monoisotopic (exact) mass is 636 g/mol. The van der Waals surface area contributed by atoms with Crippen LogP contribution < -0.4 is 20.3 Å². The zero-order chi connectivity index (χ0) is 32.9. The number of carbonyl (C=O) groups is 1. The average Bonchev–Trinajstić information content (AvgIpc) is 3.47. The number of nitrogens with zero attached hydrogens (tertiary/aromatic N) is 6.